The van der Waals surface area contributed by atoms with Crippen molar-refractivity contribution < 1.29 is 14.3 Å². The average molecular weight is 345 g/mol. The summed E-state index contributed by atoms with van der Waals surface area (Å²) in [6.07, 6.45) is 3.68. The number of piperidine rings is 1. The summed E-state index contributed by atoms with van der Waals surface area (Å²) >= 11 is 0. The Balaban J connectivity index is 1.56. The molecule has 6 heteroatoms. The molecule has 0 aliphatic carbocycles. The van der Waals surface area contributed by atoms with Gasteiger partial charge in [-0.1, -0.05) is 0 Å². The number of nitrogens with two attached hydrogens (primary N) is 1. The number of benzene rings is 1. The second-order valence-corrected chi connectivity index (χ2v) is 6.78. The molecule has 2 aliphatic rings. The van der Waals surface area contributed by atoms with Gasteiger partial charge in [-0.2, -0.15) is 0 Å². The summed E-state index contributed by atoms with van der Waals surface area (Å²) in [5.74, 6) is 0.629. The van der Waals surface area contributed by atoms with Crippen molar-refractivity contribution in [2.24, 2.45) is 5.73 Å². The lowest BCUT2D eigenvalue weighted by Gasteiger charge is -2.38. The predicted molar refractivity (Wildman–Crippen MR) is 95.5 cm³/mol. The van der Waals surface area contributed by atoms with E-state index in [-0.39, 0.29) is 17.9 Å². The summed E-state index contributed by atoms with van der Waals surface area (Å²) in [7, 11) is 0. The molecule has 3 rings (SSSR count). The molecule has 2 saturated heterocycles. The smallest absolute Gasteiger partial charge is 0.253 e. The van der Waals surface area contributed by atoms with Crippen LogP contribution < -0.4 is 10.5 Å². The number of likely N-dealkylation sites (tertiary alicyclic amines) is 2. The maximum atomic E-state index is 12.7. The third-order valence-electron chi connectivity index (χ3n) is 5.26. The van der Waals surface area contributed by atoms with Gasteiger partial charge in [0.25, 0.3) is 5.91 Å². The van der Waals surface area contributed by atoms with E-state index in [0.717, 1.165) is 51.1 Å². The van der Waals surface area contributed by atoms with Crippen molar-refractivity contribution in [3.05, 3.63) is 29.8 Å². The van der Waals surface area contributed by atoms with Crippen LogP contribution in [0.5, 0.6) is 5.75 Å². The van der Waals surface area contributed by atoms with Crippen LogP contribution in [0, 0.1) is 0 Å². The highest BCUT2D eigenvalue weighted by Crippen LogP contribution is 2.26. The Hall–Kier alpha value is -2.08. The molecule has 1 atom stereocenters. The molecule has 0 bridgehead atoms. The lowest BCUT2D eigenvalue weighted by atomic mass is 10.0. The third-order valence-corrected chi connectivity index (χ3v) is 5.26. The van der Waals surface area contributed by atoms with Crippen molar-refractivity contribution in [2.45, 2.75) is 44.7 Å². The monoisotopic (exact) mass is 345 g/mol. The Morgan fingerprint density at radius 3 is 2.40 bits per heavy atom. The van der Waals surface area contributed by atoms with Crippen LogP contribution in [0.15, 0.2) is 24.3 Å². The zero-order valence-electron chi connectivity index (χ0n) is 14.8. The number of hydrogen-bond donors (Lipinski definition) is 1. The van der Waals surface area contributed by atoms with Gasteiger partial charge in [-0.25, -0.2) is 0 Å². The summed E-state index contributed by atoms with van der Waals surface area (Å²) in [5.41, 5.74) is 6.22. The first-order valence-electron chi connectivity index (χ1n) is 9.17. The molecule has 136 valence electrons. The Kier molecular flexibility index (Phi) is 5.58. The van der Waals surface area contributed by atoms with E-state index < -0.39 is 0 Å². The Bertz CT molecular complexity index is 609. The Labute approximate surface area is 148 Å². The van der Waals surface area contributed by atoms with E-state index in [1.54, 1.807) is 0 Å². The number of ether oxygens (including phenoxy) is 1. The average Bonchev–Trinajstić information content (AvgIpc) is 3.12. The Morgan fingerprint density at radius 1 is 1.12 bits per heavy atom. The topological polar surface area (TPSA) is 75.9 Å². The van der Waals surface area contributed by atoms with Gasteiger partial charge >= 0.3 is 0 Å². The normalized spacial score (nSPS) is 22.1. The van der Waals surface area contributed by atoms with E-state index >= 15 is 0 Å². The first kappa shape index (κ1) is 17.7. The number of hydrogen-bond acceptors (Lipinski definition) is 4. The van der Waals surface area contributed by atoms with Gasteiger partial charge < -0.3 is 15.4 Å². The molecule has 0 aromatic heterocycles. The second-order valence-electron chi connectivity index (χ2n) is 6.78. The molecule has 2 heterocycles. The zero-order chi connectivity index (χ0) is 17.8. The largest absolute Gasteiger partial charge is 0.494 e. The summed E-state index contributed by atoms with van der Waals surface area (Å²) in [6.45, 7) is 4.93. The molecule has 25 heavy (non-hydrogen) atoms. The molecule has 0 spiro atoms. The van der Waals surface area contributed by atoms with Crippen LogP contribution in [0.25, 0.3) is 0 Å². The van der Waals surface area contributed by atoms with Crippen molar-refractivity contribution in [1.82, 2.24) is 9.80 Å². The quantitative estimate of drug-likeness (QED) is 0.880. The minimum atomic E-state index is -0.217. The minimum Gasteiger partial charge on any atom is -0.494 e. The van der Waals surface area contributed by atoms with Crippen molar-refractivity contribution in [3.8, 4) is 5.75 Å². The molecule has 2 amide bonds. The number of carbonyl (C=O) groups is 2. The van der Waals surface area contributed by atoms with Gasteiger partial charge in [-0.15, -0.1) is 0 Å². The Morgan fingerprint density at radius 2 is 1.80 bits per heavy atom. The predicted octanol–water partition coefficient (Wildman–Crippen LogP) is 1.64. The van der Waals surface area contributed by atoms with Crippen LogP contribution >= 0.6 is 0 Å². The van der Waals surface area contributed by atoms with Crippen LogP contribution in [-0.4, -0.2) is 59.9 Å². The molecule has 6 nitrogen and oxygen atoms in total. The fourth-order valence-electron chi connectivity index (χ4n) is 3.98. The molecular formula is C19H27N3O3. The van der Waals surface area contributed by atoms with Gasteiger partial charge in [0.2, 0.25) is 5.91 Å². The van der Waals surface area contributed by atoms with E-state index in [1.165, 1.54) is 0 Å². The number of nitrogens with zero attached hydrogens (tertiary/aromatic N) is 2. The van der Waals surface area contributed by atoms with Gasteiger partial charge in [0.05, 0.1) is 12.6 Å². The summed E-state index contributed by atoms with van der Waals surface area (Å²) < 4.78 is 5.42. The SMILES string of the molecule is CCOc1ccc(C(=O)N2CCC(N3CCCC3C(N)=O)CC2)cc1. The molecule has 1 aromatic carbocycles. The molecule has 1 unspecified atom stereocenters. The van der Waals surface area contributed by atoms with Gasteiger partial charge in [0.15, 0.2) is 0 Å². The second kappa shape index (κ2) is 7.87. The summed E-state index contributed by atoms with van der Waals surface area (Å²) in [5, 5.41) is 0. The van der Waals surface area contributed by atoms with Gasteiger partial charge in [-0.3, -0.25) is 14.5 Å². The zero-order valence-corrected chi connectivity index (χ0v) is 14.8. The van der Waals surface area contributed by atoms with Crippen LogP contribution in [0.4, 0.5) is 0 Å². The standard InChI is InChI=1S/C19H27N3O3/c1-2-25-16-7-5-14(6-8-16)19(24)21-12-9-15(10-13-21)22-11-3-4-17(22)18(20)23/h5-8,15,17H,2-4,9-13H2,1H3,(H2,20,23). The number of carbonyl (C=O) groups excluding carboxylic acids is 2. The first-order valence-corrected chi connectivity index (χ1v) is 9.17. The summed E-state index contributed by atoms with van der Waals surface area (Å²) in [4.78, 5) is 28.4. The molecule has 2 N–H and O–H groups in total. The van der Waals surface area contributed by atoms with E-state index in [1.807, 2.05) is 36.1 Å². The van der Waals surface area contributed by atoms with Crippen LogP contribution in [0.3, 0.4) is 0 Å². The van der Waals surface area contributed by atoms with Crippen molar-refractivity contribution in [1.29, 1.82) is 0 Å². The van der Waals surface area contributed by atoms with Crippen LogP contribution in [-0.2, 0) is 4.79 Å². The molecule has 1 aromatic rings. The van der Waals surface area contributed by atoms with Crippen molar-refractivity contribution in [3.63, 3.8) is 0 Å². The van der Waals surface area contributed by atoms with Gasteiger partial charge in [-0.05, 0) is 63.4 Å². The van der Waals surface area contributed by atoms with Gasteiger partial charge in [0.1, 0.15) is 5.75 Å². The maximum Gasteiger partial charge on any atom is 0.253 e. The lowest BCUT2D eigenvalue weighted by Crippen LogP contribution is -2.51. The minimum absolute atomic E-state index is 0.0642. The van der Waals surface area contributed by atoms with E-state index in [4.69, 9.17) is 10.5 Å². The lowest BCUT2D eigenvalue weighted by molar-refractivity contribution is -0.123. The number of amides is 2. The maximum absolute atomic E-state index is 12.7. The van der Waals surface area contributed by atoms with Gasteiger partial charge in [0, 0.05) is 24.7 Å². The first-order chi connectivity index (χ1) is 12.1. The van der Waals surface area contributed by atoms with Crippen molar-refractivity contribution in [2.75, 3.05) is 26.2 Å². The molecule has 0 radical (unpaired) electrons. The fourth-order valence-corrected chi connectivity index (χ4v) is 3.98. The van der Waals surface area contributed by atoms with E-state index in [0.29, 0.717) is 18.2 Å². The highest BCUT2D eigenvalue weighted by molar-refractivity contribution is 5.94. The molecule has 2 aliphatic heterocycles. The van der Waals surface area contributed by atoms with Crippen LogP contribution in [0.2, 0.25) is 0 Å². The molecular weight excluding hydrogens is 318 g/mol. The fraction of sp³-hybridized carbons (Fsp3) is 0.579. The highest BCUT2D eigenvalue weighted by atomic mass is 16.5. The third kappa shape index (κ3) is 3.95. The van der Waals surface area contributed by atoms with Crippen molar-refractivity contribution >= 4 is 11.8 Å². The highest BCUT2D eigenvalue weighted by Gasteiger charge is 2.36. The molecule has 0 saturated carbocycles. The van der Waals surface area contributed by atoms with E-state index in [9.17, 15) is 9.59 Å². The van der Waals surface area contributed by atoms with Crippen LogP contribution in [0.1, 0.15) is 43.0 Å². The number of primary amides is 1. The molecule has 2 fully saturated rings. The number of rotatable bonds is 5. The summed E-state index contributed by atoms with van der Waals surface area (Å²) in [6, 6.07) is 7.55. The van der Waals surface area contributed by atoms with E-state index in [2.05, 4.69) is 4.90 Å².